The van der Waals surface area contributed by atoms with Crippen LogP contribution in [0.3, 0.4) is 0 Å². The monoisotopic (exact) mass is 238 g/mol. The molecule has 2 heteroatoms. The average Bonchev–Trinajstić information content (AvgIpc) is 2.36. The summed E-state index contributed by atoms with van der Waals surface area (Å²) in [6, 6.07) is 10.9. The molecule has 0 radical (unpaired) electrons. The molecule has 0 amide bonds. The van der Waals surface area contributed by atoms with Gasteiger partial charge in [-0.25, -0.2) is 0 Å². The molecule has 2 rings (SSSR count). The van der Waals surface area contributed by atoms with Gasteiger partial charge in [0.25, 0.3) is 0 Å². The smallest absolute Gasteiger partial charge is 0.0705 e. The van der Waals surface area contributed by atoms with E-state index in [9.17, 15) is 0 Å². The van der Waals surface area contributed by atoms with E-state index in [0.29, 0.717) is 6.04 Å². The van der Waals surface area contributed by atoms with Crippen LogP contribution in [0.5, 0.6) is 0 Å². The fourth-order valence-corrected chi connectivity index (χ4v) is 1.93. The van der Waals surface area contributed by atoms with Crippen LogP contribution in [0.15, 0.2) is 30.3 Å². The van der Waals surface area contributed by atoms with Crippen molar-refractivity contribution < 1.29 is 0 Å². The summed E-state index contributed by atoms with van der Waals surface area (Å²) in [4.78, 5) is 4.49. The first-order valence-corrected chi connectivity index (χ1v) is 6.22. The van der Waals surface area contributed by atoms with Crippen LogP contribution in [0.1, 0.15) is 24.6 Å². The lowest BCUT2D eigenvalue weighted by Gasteiger charge is -2.11. The first-order valence-electron chi connectivity index (χ1n) is 6.22. The Balaban J connectivity index is 2.11. The highest BCUT2D eigenvalue weighted by molar-refractivity contribution is 5.79. The van der Waals surface area contributed by atoms with E-state index in [4.69, 9.17) is 6.42 Å². The van der Waals surface area contributed by atoms with Crippen LogP contribution in [0.4, 0.5) is 0 Å². The number of benzene rings is 1. The first-order chi connectivity index (χ1) is 8.69. The van der Waals surface area contributed by atoms with Gasteiger partial charge in [-0.1, -0.05) is 12.1 Å². The average molecular weight is 238 g/mol. The molecule has 2 nitrogen and oxygen atoms in total. The van der Waals surface area contributed by atoms with Gasteiger partial charge < -0.3 is 5.32 Å². The molecule has 1 unspecified atom stereocenters. The second-order valence-corrected chi connectivity index (χ2v) is 4.67. The van der Waals surface area contributed by atoms with Crippen LogP contribution in [0.25, 0.3) is 10.9 Å². The van der Waals surface area contributed by atoms with Gasteiger partial charge in [0.05, 0.1) is 5.52 Å². The highest BCUT2D eigenvalue weighted by Crippen LogP contribution is 2.14. The van der Waals surface area contributed by atoms with Crippen LogP contribution in [-0.4, -0.2) is 11.0 Å². The highest BCUT2D eigenvalue weighted by atomic mass is 14.9. The van der Waals surface area contributed by atoms with Gasteiger partial charge in [-0.15, -0.1) is 12.3 Å². The molecule has 0 bridgehead atoms. The fraction of sp³-hybridized carbons (Fsp3) is 0.312. The van der Waals surface area contributed by atoms with Gasteiger partial charge >= 0.3 is 0 Å². The van der Waals surface area contributed by atoms with E-state index in [-0.39, 0.29) is 0 Å². The molecule has 0 spiro atoms. The van der Waals surface area contributed by atoms with E-state index in [1.165, 1.54) is 10.9 Å². The molecular weight excluding hydrogens is 220 g/mol. The minimum atomic E-state index is 0.349. The van der Waals surface area contributed by atoms with Crippen molar-refractivity contribution in [2.75, 3.05) is 0 Å². The number of nitrogens with zero attached hydrogens (tertiary/aromatic N) is 1. The second kappa shape index (κ2) is 5.66. The highest BCUT2D eigenvalue weighted by Gasteiger charge is 2.01. The summed E-state index contributed by atoms with van der Waals surface area (Å²) in [5.74, 6) is 2.67. The third kappa shape index (κ3) is 3.09. The van der Waals surface area contributed by atoms with Gasteiger partial charge in [0, 0.05) is 30.1 Å². The van der Waals surface area contributed by atoms with E-state index in [2.05, 4.69) is 47.4 Å². The molecule has 0 aliphatic rings. The maximum atomic E-state index is 5.29. The van der Waals surface area contributed by atoms with Gasteiger partial charge in [0.1, 0.15) is 0 Å². The topological polar surface area (TPSA) is 24.9 Å². The number of rotatable bonds is 4. The zero-order valence-electron chi connectivity index (χ0n) is 10.9. The quantitative estimate of drug-likeness (QED) is 0.828. The van der Waals surface area contributed by atoms with Crippen molar-refractivity contribution in [1.82, 2.24) is 10.3 Å². The molecule has 1 heterocycles. The normalized spacial score (nSPS) is 12.3. The van der Waals surface area contributed by atoms with E-state index in [1.54, 1.807) is 0 Å². The van der Waals surface area contributed by atoms with E-state index < -0.39 is 0 Å². The molecule has 0 aliphatic heterocycles. The Labute approximate surface area is 108 Å². The number of hydrogen-bond donors (Lipinski definition) is 1. The fourth-order valence-electron chi connectivity index (χ4n) is 1.93. The van der Waals surface area contributed by atoms with Gasteiger partial charge in [0.2, 0.25) is 0 Å². The summed E-state index contributed by atoms with van der Waals surface area (Å²) in [6.07, 6.45) is 6.05. The Hall–Kier alpha value is -1.85. The molecule has 2 aromatic rings. The standard InChI is InChI=1S/C16H18N2/c1-4-5-12(2)17-11-14-7-9-16-15(10-14)8-6-13(3)18-16/h1,6-10,12,17H,5,11H2,2-3H3. The van der Waals surface area contributed by atoms with Gasteiger partial charge in [0.15, 0.2) is 0 Å². The van der Waals surface area contributed by atoms with Crippen molar-refractivity contribution in [2.24, 2.45) is 0 Å². The lowest BCUT2D eigenvalue weighted by Crippen LogP contribution is -2.24. The number of aryl methyl sites for hydroxylation is 1. The Morgan fingerprint density at radius 1 is 1.33 bits per heavy atom. The van der Waals surface area contributed by atoms with E-state index in [0.717, 1.165) is 24.2 Å². The number of aromatic nitrogens is 1. The molecule has 92 valence electrons. The van der Waals surface area contributed by atoms with Crippen molar-refractivity contribution in [2.45, 2.75) is 32.9 Å². The molecular formula is C16H18N2. The van der Waals surface area contributed by atoms with Crippen molar-refractivity contribution in [3.8, 4) is 12.3 Å². The Morgan fingerprint density at radius 2 is 2.17 bits per heavy atom. The van der Waals surface area contributed by atoms with E-state index in [1.807, 2.05) is 13.0 Å². The van der Waals surface area contributed by atoms with Crippen LogP contribution in [0.2, 0.25) is 0 Å². The molecule has 1 N–H and O–H groups in total. The number of hydrogen-bond acceptors (Lipinski definition) is 2. The largest absolute Gasteiger partial charge is 0.309 e. The summed E-state index contributed by atoms with van der Waals surface area (Å²) in [5, 5.41) is 4.60. The van der Waals surface area contributed by atoms with Crippen LogP contribution in [0, 0.1) is 19.3 Å². The van der Waals surface area contributed by atoms with Crippen molar-refractivity contribution in [3.05, 3.63) is 41.6 Å². The van der Waals surface area contributed by atoms with Crippen molar-refractivity contribution in [3.63, 3.8) is 0 Å². The zero-order chi connectivity index (χ0) is 13.0. The second-order valence-electron chi connectivity index (χ2n) is 4.67. The summed E-state index contributed by atoms with van der Waals surface area (Å²) < 4.78 is 0. The first kappa shape index (κ1) is 12.6. The van der Waals surface area contributed by atoms with Gasteiger partial charge in [-0.2, -0.15) is 0 Å². The molecule has 1 aromatic carbocycles. The van der Waals surface area contributed by atoms with Crippen molar-refractivity contribution in [1.29, 1.82) is 0 Å². The number of terminal acetylenes is 1. The van der Waals surface area contributed by atoms with Crippen LogP contribution < -0.4 is 5.32 Å². The summed E-state index contributed by atoms with van der Waals surface area (Å²) in [6.45, 7) is 4.95. The molecule has 0 fully saturated rings. The SMILES string of the molecule is C#CCC(C)NCc1ccc2nc(C)ccc2c1. The molecule has 0 aliphatic carbocycles. The van der Waals surface area contributed by atoms with Gasteiger partial charge in [-0.05, 0) is 37.6 Å². The summed E-state index contributed by atoms with van der Waals surface area (Å²) in [5.41, 5.74) is 3.36. The Morgan fingerprint density at radius 3 is 2.94 bits per heavy atom. The molecule has 0 saturated heterocycles. The summed E-state index contributed by atoms with van der Waals surface area (Å²) >= 11 is 0. The van der Waals surface area contributed by atoms with Gasteiger partial charge in [-0.3, -0.25) is 4.98 Å². The number of fused-ring (bicyclic) bond motifs is 1. The lowest BCUT2D eigenvalue weighted by molar-refractivity contribution is 0.560. The zero-order valence-corrected chi connectivity index (χ0v) is 10.9. The minimum absolute atomic E-state index is 0.349. The molecule has 1 atom stereocenters. The third-order valence-corrected chi connectivity index (χ3v) is 2.97. The number of pyridine rings is 1. The Kier molecular flexibility index (Phi) is 3.96. The maximum absolute atomic E-state index is 5.29. The molecule has 0 saturated carbocycles. The predicted octanol–water partition coefficient (Wildman–Crippen LogP) is 3.04. The Bertz CT molecular complexity index is 581. The van der Waals surface area contributed by atoms with E-state index >= 15 is 0 Å². The molecule has 1 aromatic heterocycles. The minimum Gasteiger partial charge on any atom is -0.309 e. The van der Waals surface area contributed by atoms with Crippen LogP contribution >= 0.6 is 0 Å². The molecule has 18 heavy (non-hydrogen) atoms. The maximum Gasteiger partial charge on any atom is 0.0705 e. The third-order valence-electron chi connectivity index (χ3n) is 2.97. The predicted molar refractivity (Wildman–Crippen MR) is 76.2 cm³/mol. The van der Waals surface area contributed by atoms with Crippen molar-refractivity contribution >= 4 is 10.9 Å². The van der Waals surface area contributed by atoms with Crippen LogP contribution in [-0.2, 0) is 6.54 Å². The summed E-state index contributed by atoms with van der Waals surface area (Å²) in [7, 11) is 0. The lowest BCUT2D eigenvalue weighted by atomic mass is 10.1. The number of nitrogens with one attached hydrogen (secondary N) is 1.